The highest BCUT2D eigenvalue weighted by molar-refractivity contribution is 5.96. The Morgan fingerprint density at radius 1 is 1.00 bits per heavy atom. The molecule has 0 fully saturated rings. The first-order chi connectivity index (χ1) is 20.6. The van der Waals surface area contributed by atoms with Crippen LogP contribution < -0.4 is 20.8 Å². The quantitative estimate of drug-likeness (QED) is 0.241. The molecule has 12 heteroatoms. The first-order valence-electron chi connectivity index (χ1n) is 13.3. The number of nitrogens with zero attached hydrogens (tertiary/aromatic N) is 1. The number of pyridine rings is 1. The Morgan fingerprint density at radius 3 is 2.42 bits per heavy atom. The van der Waals surface area contributed by atoms with Gasteiger partial charge in [0.05, 0.1) is 11.7 Å². The molecule has 0 saturated heterocycles. The fourth-order valence-electron chi connectivity index (χ4n) is 4.99. The van der Waals surface area contributed by atoms with Gasteiger partial charge in [0.2, 0.25) is 5.43 Å². The number of nitrogens with one attached hydrogen (secondary N) is 2. The highest BCUT2D eigenvalue weighted by atomic mass is 19.1. The number of para-hydroxylation sites is 1. The van der Waals surface area contributed by atoms with Gasteiger partial charge in [-0.3, -0.25) is 9.59 Å². The molecule has 4 aromatic rings. The molecule has 0 saturated carbocycles. The number of hydrogen-bond donors (Lipinski definition) is 3. The Kier molecular flexibility index (Phi) is 8.46. The van der Waals surface area contributed by atoms with E-state index in [0.717, 1.165) is 6.20 Å². The highest BCUT2D eigenvalue weighted by Crippen LogP contribution is 2.31. The average Bonchev–Trinajstić information content (AvgIpc) is 3.20. The topological polar surface area (TPSA) is 110 Å². The van der Waals surface area contributed by atoms with Crippen LogP contribution in [0.25, 0.3) is 0 Å². The zero-order valence-corrected chi connectivity index (χ0v) is 22.5. The van der Waals surface area contributed by atoms with Crippen molar-refractivity contribution in [1.82, 2.24) is 9.88 Å². The number of carboxylic acid groups (broad SMARTS) is 1. The lowest BCUT2D eigenvalue weighted by atomic mass is 10.0. The van der Waals surface area contributed by atoms with Gasteiger partial charge in [0.25, 0.3) is 5.91 Å². The molecule has 2 heterocycles. The van der Waals surface area contributed by atoms with Crippen molar-refractivity contribution < 1.29 is 37.0 Å². The van der Waals surface area contributed by atoms with Crippen molar-refractivity contribution in [2.45, 2.75) is 32.0 Å². The summed E-state index contributed by atoms with van der Waals surface area (Å²) in [7, 11) is 0. The third kappa shape index (κ3) is 6.22. The molecule has 0 bridgehead atoms. The smallest absolute Gasteiger partial charge is 0.356 e. The van der Waals surface area contributed by atoms with E-state index >= 15 is 0 Å². The summed E-state index contributed by atoms with van der Waals surface area (Å²) < 4.78 is 63.1. The molecule has 1 aliphatic rings. The first-order valence-corrected chi connectivity index (χ1v) is 13.3. The molecule has 1 amide bonds. The van der Waals surface area contributed by atoms with Crippen molar-refractivity contribution >= 4 is 17.6 Å². The van der Waals surface area contributed by atoms with Gasteiger partial charge < -0.3 is 25.0 Å². The molecular formula is C31H25F4N3O5. The molecule has 0 spiro atoms. The zero-order chi connectivity index (χ0) is 30.7. The van der Waals surface area contributed by atoms with Crippen molar-refractivity contribution in [3.63, 3.8) is 0 Å². The minimum atomic E-state index is -1.50. The Morgan fingerprint density at radius 2 is 1.72 bits per heavy atom. The molecule has 0 radical (unpaired) electrons. The lowest BCUT2D eigenvalue weighted by Crippen LogP contribution is -2.34. The number of benzene rings is 3. The van der Waals surface area contributed by atoms with Crippen LogP contribution in [0, 0.1) is 23.3 Å². The number of amides is 1. The second kappa shape index (κ2) is 12.4. The number of halogens is 4. The second-order valence-corrected chi connectivity index (χ2v) is 9.91. The molecule has 43 heavy (non-hydrogen) atoms. The van der Waals surface area contributed by atoms with Crippen LogP contribution in [0.2, 0.25) is 0 Å². The number of carbonyl (C=O) groups is 2. The number of ether oxygens (including phenoxy) is 1. The predicted molar refractivity (Wildman–Crippen MR) is 148 cm³/mol. The van der Waals surface area contributed by atoms with Crippen molar-refractivity contribution in [3.05, 3.63) is 128 Å². The van der Waals surface area contributed by atoms with Gasteiger partial charge in [-0.25, -0.2) is 22.4 Å². The van der Waals surface area contributed by atoms with Crippen molar-refractivity contribution in [2.24, 2.45) is 0 Å². The summed E-state index contributed by atoms with van der Waals surface area (Å²) in [5.41, 5.74) is -1.21. The Balaban J connectivity index is 1.55. The Labute approximate surface area is 242 Å². The summed E-state index contributed by atoms with van der Waals surface area (Å²) in [4.78, 5) is 39.4. The van der Waals surface area contributed by atoms with Gasteiger partial charge in [0.1, 0.15) is 35.4 Å². The third-order valence-electron chi connectivity index (χ3n) is 7.15. The van der Waals surface area contributed by atoms with Crippen LogP contribution >= 0.6 is 0 Å². The first kappa shape index (κ1) is 29.4. The Hall–Kier alpha value is -5.13. The lowest BCUT2D eigenvalue weighted by molar-refractivity contribution is 0.0673. The molecule has 0 unspecified atom stereocenters. The van der Waals surface area contributed by atoms with E-state index in [1.54, 1.807) is 42.5 Å². The van der Waals surface area contributed by atoms with Gasteiger partial charge in [-0.15, -0.1) is 0 Å². The maximum Gasteiger partial charge on any atom is 0.356 e. The van der Waals surface area contributed by atoms with E-state index in [-0.39, 0.29) is 18.8 Å². The summed E-state index contributed by atoms with van der Waals surface area (Å²) >= 11 is 0. The van der Waals surface area contributed by atoms with Crippen molar-refractivity contribution in [1.29, 1.82) is 0 Å². The van der Waals surface area contributed by atoms with E-state index in [1.807, 2.05) is 0 Å². The highest BCUT2D eigenvalue weighted by Gasteiger charge is 2.30. The van der Waals surface area contributed by atoms with E-state index in [1.165, 1.54) is 10.6 Å². The molecule has 8 nitrogen and oxygen atoms in total. The average molecular weight is 596 g/mol. The number of fused-ring (bicyclic) bond motifs is 1. The van der Waals surface area contributed by atoms with Gasteiger partial charge >= 0.3 is 5.97 Å². The zero-order valence-electron chi connectivity index (χ0n) is 22.5. The van der Waals surface area contributed by atoms with Gasteiger partial charge in [0.15, 0.2) is 11.4 Å². The second-order valence-electron chi connectivity index (χ2n) is 9.91. The summed E-state index contributed by atoms with van der Waals surface area (Å²) in [5.74, 6) is -7.29. The fraction of sp³-hybridized carbons (Fsp3) is 0.194. The van der Waals surface area contributed by atoms with Gasteiger partial charge in [-0.05, 0) is 30.0 Å². The summed E-state index contributed by atoms with van der Waals surface area (Å²) in [5, 5.41) is 15.5. The van der Waals surface area contributed by atoms with E-state index in [2.05, 4.69) is 10.6 Å². The summed E-state index contributed by atoms with van der Waals surface area (Å²) in [6, 6.07) is 13.4. The molecule has 5 rings (SSSR count). The number of aryl methyl sites for hydroxylation is 1. The van der Waals surface area contributed by atoms with Crippen LogP contribution in [0.3, 0.4) is 0 Å². The lowest BCUT2D eigenvalue weighted by Gasteiger charge is -2.24. The van der Waals surface area contributed by atoms with Gasteiger partial charge in [-0.2, -0.15) is 0 Å². The minimum Gasteiger partial charge on any atom is -0.482 e. The molecule has 1 aliphatic heterocycles. The van der Waals surface area contributed by atoms with Crippen LogP contribution in [-0.4, -0.2) is 28.1 Å². The number of hydrogen-bond acceptors (Lipinski definition) is 5. The van der Waals surface area contributed by atoms with E-state index in [4.69, 9.17) is 4.74 Å². The molecule has 3 N–H and O–H groups in total. The molecule has 3 aromatic carbocycles. The summed E-state index contributed by atoms with van der Waals surface area (Å²) in [6.07, 6.45) is 1.70. The van der Waals surface area contributed by atoms with Crippen LogP contribution in [0.4, 0.5) is 23.2 Å². The number of aromatic carboxylic acids is 1. The maximum atomic E-state index is 14.5. The standard InChI is InChI=1S/C31H25F4N3O5/c32-19-11-24(34)21(25(35)12-19)14-37-30(40)22-15-38(20-10-9-18-7-4-8-23(33)26(18)36-13-20)27(31(41)42)29(28(22)39)43-16-17-5-2-1-3-6-17/h1-8,11-12,15,20,36H,9-10,13-14,16H2,(H,37,40)(H,41,42)/t20-/m0/s1. The molecule has 222 valence electrons. The molecule has 1 aromatic heterocycles. The third-order valence-corrected chi connectivity index (χ3v) is 7.15. The van der Waals surface area contributed by atoms with Crippen LogP contribution in [-0.2, 0) is 19.6 Å². The van der Waals surface area contributed by atoms with Crippen LogP contribution in [0.15, 0.2) is 71.7 Å². The van der Waals surface area contributed by atoms with Gasteiger partial charge in [0, 0.05) is 37.0 Å². The molecule has 0 aliphatic carbocycles. The summed E-state index contributed by atoms with van der Waals surface area (Å²) in [6.45, 7) is -0.883. The van der Waals surface area contributed by atoms with Crippen LogP contribution in [0.1, 0.15) is 50.0 Å². The Bertz CT molecular complexity index is 1740. The van der Waals surface area contributed by atoms with Crippen molar-refractivity contribution in [2.75, 3.05) is 11.9 Å². The number of carbonyl (C=O) groups excluding carboxylic acids is 1. The number of rotatable bonds is 8. The minimum absolute atomic E-state index is 0.0439. The monoisotopic (exact) mass is 595 g/mol. The number of carboxylic acids is 1. The van der Waals surface area contributed by atoms with Crippen LogP contribution in [0.5, 0.6) is 5.75 Å². The number of anilines is 1. The maximum absolute atomic E-state index is 14.5. The SMILES string of the molecule is O=C(NCc1c(F)cc(F)cc1F)c1cn([C@H]2CCc3cccc(F)c3NC2)c(C(=O)O)c(OCc2ccccc2)c1=O. The predicted octanol–water partition coefficient (Wildman–Crippen LogP) is 5.21. The van der Waals surface area contributed by atoms with E-state index in [0.29, 0.717) is 36.1 Å². The number of aromatic nitrogens is 1. The van der Waals surface area contributed by atoms with E-state index in [9.17, 15) is 37.1 Å². The van der Waals surface area contributed by atoms with Gasteiger partial charge in [-0.1, -0.05) is 42.5 Å². The molecular weight excluding hydrogens is 570 g/mol. The molecule has 1 atom stereocenters. The fourth-order valence-corrected chi connectivity index (χ4v) is 4.99. The normalized spacial score (nSPS) is 14.3. The largest absolute Gasteiger partial charge is 0.482 e. The van der Waals surface area contributed by atoms with E-state index < -0.39 is 75.7 Å². The van der Waals surface area contributed by atoms with Crippen molar-refractivity contribution in [3.8, 4) is 5.75 Å².